The average molecular weight is 310 g/mol. The van der Waals surface area contributed by atoms with Gasteiger partial charge in [0.15, 0.2) is 0 Å². The van der Waals surface area contributed by atoms with Crippen LogP contribution in [0.5, 0.6) is 0 Å². The quantitative estimate of drug-likeness (QED) is 0.587. The number of rotatable bonds is 3. The van der Waals surface area contributed by atoms with Crippen LogP contribution in [0, 0.1) is 0 Å². The second-order valence-electron chi connectivity index (χ2n) is 1.44. The molecule has 0 spiro atoms. The van der Waals surface area contributed by atoms with Crippen molar-refractivity contribution in [1.29, 1.82) is 0 Å². The zero-order chi connectivity index (χ0) is 8.57. The normalized spacial score (nSPS) is 14.7. The summed E-state index contributed by atoms with van der Waals surface area (Å²) in [5.74, 6) is 0. The summed E-state index contributed by atoms with van der Waals surface area (Å²) in [4.78, 5) is 3.25. The Kier molecular flexibility index (Phi) is 14.7. The van der Waals surface area contributed by atoms with Gasteiger partial charge in [-0.2, -0.15) is 0 Å². The number of aliphatic hydroxyl groups is 2. The zero-order valence-corrected chi connectivity index (χ0v) is 10.2. The molecule has 0 aliphatic rings. The Bertz CT molecular complexity index is 66.7. The molecule has 0 rings (SSSR count). The Morgan fingerprint density at radius 3 is 1.40 bits per heavy atom. The summed E-state index contributed by atoms with van der Waals surface area (Å²) in [6.07, 6.45) is -1.32. The van der Waals surface area contributed by atoms with E-state index in [0.29, 0.717) is 10.7 Å². The third-order valence-electron chi connectivity index (χ3n) is 0.760. The number of hydrogen-bond donors (Lipinski definition) is 2. The van der Waals surface area contributed by atoms with E-state index < -0.39 is 12.2 Å². The van der Waals surface area contributed by atoms with Gasteiger partial charge in [0.2, 0.25) is 0 Å². The number of aliphatic hydroxyl groups excluding tert-OH is 2. The minimum absolute atomic E-state index is 0.416. The molecular weight excluding hydrogens is 300 g/mol. The van der Waals surface area contributed by atoms with Gasteiger partial charge in [0, 0.05) is 10.7 Å². The summed E-state index contributed by atoms with van der Waals surface area (Å²) in [5.41, 5.74) is 0. The molecule has 0 radical (unpaired) electrons. The number of alkyl halides is 2. The predicted octanol–water partition coefficient (Wildman–Crippen LogP) is 0.463. The molecule has 2 N–H and O–H groups in total. The van der Waals surface area contributed by atoms with Gasteiger partial charge in [-0.25, -0.2) is 0 Å². The van der Waals surface area contributed by atoms with Gasteiger partial charge < -0.3 is 10.2 Å². The Balaban J connectivity index is 0. The molecule has 0 aromatic heterocycles. The van der Waals surface area contributed by atoms with Crippen molar-refractivity contribution in [2.24, 2.45) is 0 Å². The average Bonchev–Trinajstić information content (AvgIpc) is 2.05. The molecule has 60 valence electrons. The molecule has 5 heteroatoms. The topological polar surface area (TPSA) is 40.5 Å². The molecule has 2 nitrogen and oxygen atoms in total. The van der Waals surface area contributed by atoms with Gasteiger partial charge in [-0.05, 0) is 0 Å². The van der Waals surface area contributed by atoms with Crippen molar-refractivity contribution in [3.8, 4) is 0 Å². The van der Waals surface area contributed by atoms with Crippen molar-refractivity contribution in [2.75, 3.05) is 10.7 Å². The zero-order valence-electron chi connectivity index (χ0n) is 5.43. The van der Waals surface area contributed by atoms with E-state index in [1.165, 1.54) is 0 Å². The first-order chi connectivity index (χ1) is 4.72. The van der Waals surface area contributed by atoms with Crippen LogP contribution >= 0.6 is 31.9 Å². The molecule has 0 aliphatic carbocycles. The van der Waals surface area contributed by atoms with Crippen molar-refractivity contribution in [3.05, 3.63) is 0 Å². The van der Waals surface area contributed by atoms with Crippen LogP contribution in [0.15, 0.2) is 0 Å². The molecule has 0 aromatic rings. The van der Waals surface area contributed by atoms with E-state index in [1.807, 2.05) is 0 Å². The van der Waals surface area contributed by atoms with Crippen molar-refractivity contribution in [3.63, 3.8) is 0 Å². The van der Waals surface area contributed by atoms with Crippen LogP contribution in [0.25, 0.3) is 0 Å². The Labute approximate surface area is 89.2 Å². The second-order valence-corrected chi connectivity index (χ2v) is 2.74. The van der Waals surface area contributed by atoms with Gasteiger partial charge >= 0.3 is 24.8 Å². The van der Waals surface area contributed by atoms with E-state index in [-0.39, 0.29) is 0 Å². The van der Waals surface area contributed by atoms with Gasteiger partial charge in [0.25, 0.3) is 0 Å². The van der Waals surface area contributed by atoms with Gasteiger partial charge in [-0.1, -0.05) is 31.9 Å². The molecular formula is C5H10Br2O2Ti. The Morgan fingerprint density at radius 1 is 1.10 bits per heavy atom. The van der Waals surface area contributed by atoms with Crippen molar-refractivity contribution in [2.45, 2.75) is 12.2 Å². The van der Waals surface area contributed by atoms with E-state index >= 15 is 0 Å². The van der Waals surface area contributed by atoms with Gasteiger partial charge in [0.05, 0.1) is 12.2 Å². The number of hydrogen-bond acceptors (Lipinski definition) is 2. The maximum absolute atomic E-state index is 8.80. The molecule has 0 unspecified atom stereocenters. The van der Waals surface area contributed by atoms with Crippen LogP contribution in [-0.4, -0.2) is 37.9 Å². The SMILES string of the molecule is O[C@H](CBr)[C@H](O)CBr.[CH2]=[Ti]. The molecule has 0 bridgehead atoms. The summed E-state index contributed by atoms with van der Waals surface area (Å²) < 4.78 is 0. The second kappa shape index (κ2) is 10.5. The van der Waals surface area contributed by atoms with E-state index in [1.54, 1.807) is 20.0 Å². The van der Waals surface area contributed by atoms with Gasteiger partial charge in [0.1, 0.15) is 0 Å². The van der Waals surface area contributed by atoms with E-state index in [2.05, 4.69) is 36.7 Å². The molecule has 0 aliphatic heterocycles. The molecule has 0 heterocycles. The Morgan fingerprint density at radius 2 is 1.30 bits per heavy atom. The summed E-state index contributed by atoms with van der Waals surface area (Å²) in [5, 5.41) is 18.4. The minimum atomic E-state index is -0.658. The van der Waals surface area contributed by atoms with Gasteiger partial charge in [-0.15, -0.1) is 0 Å². The van der Waals surface area contributed by atoms with E-state index in [4.69, 9.17) is 10.2 Å². The monoisotopic (exact) mass is 308 g/mol. The van der Waals surface area contributed by atoms with Crippen LogP contribution in [0.1, 0.15) is 0 Å². The maximum atomic E-state index is 8.80. The first-order valence-corrected chi connectivity index (χ1v) is 5.90. The molecule has 0 fully saturated rings. The van der Waals surface area contributed by atoms with Crippen LogP contribution in [-0.2, 0) is 20.0 Å². The van der Waals surface area contributed by atoms with Crippen LogP contribution in [0.2, 0.25) is 0 Å². The third-order valence-corrected chi connectivity index (χ3v) is 2.09. The van der Waals surface area contributed by atoms with Crippen molar-refractivity contribution < 1.29 is 30.2 Å². The molecule has 0 aromatic carbocycles. The fourth-order valence-corrected chi connectivity index (χ4v) is 1.07. The summed E-state index contributed by atoms with van der Waals surface area (Å²) >= 11 is 7.80. The van der Waals surface area contributed by atoms with Crippen LogP contribution < -0.4 is 0 Å². The molecule has 0 saturated carbocycles. The predicted molar refractivity (Wildman–Crippen MR) is 46.7 cm³/mol. The molecule has 2 atom stereocenters. The Hall–Kier alpha value is 1.46. The fraction of sp³-hybridized carbons (Fsp3) is 0.800. The number of halogens is 2. The van der Waals surface area contributed by atoms with Crippen molar-refractivity contribution >= 4 is 36.7 Å². The molecule has 0 saturated heterocycles. The van der Waals surface area contributed by atoms with Gasteiger partial charge in [-0.3, -0.25) is 0 Å². The third kappa shape index (κ3) is 7.57. The summed E-state index contributed by atoms with van der Waals surface area (Å²) in [6.45, 7) is 0. The van der Waals surface area contributed by atoms with Crippen LogP contribution in [0.4, 0.5) is 0 Å². The first kappa shape index (κ1) is 14.0. The molecule has 0 amide bonds. The van der Waals surface area contributed by atoms with E-state index in [9.17, 15) is 0 Å². The van der Waals surface area contributed by atoms with E-state index in [0.717, 1.165) is 0 Å². The molecule has 10 heavy (non-hydrogen) atoms. The fourth-order valence-electron chi connectivity index (χ4n) is 0.206. The summed E-state index contributed by atoms with van der Waals surface area (Å²) in [6, 6.07) is 0. The first-order valence-electron chi connectivity index (χ1n) is 2.55. The van der Waals surface area contributed by atoms with Crippen LogP contribution in [0.3, 0.4) is 0 Å². The van der Waals surface area contributed by atoms with Crippen molar-refractivity contribution in [1.82, 2.24) is 0 Å². The summed E-state index contributed by atoms with van der Waals surface area (Å²) in [7, 11) is 0. The standard InChI is InChI=1S/C4H8Br2O2.CH2.Ti/c5-1-3(7)4(8)2-6;;/h3-4,7-8H,1-2H2;1H2;/t3-,4-;;/m1../s1.